The minimum atomic E-state index is -1.67. The Kier molecular flexibility index (Phi) is 6.61. The van der Waals surface area contributed by atoms with Crippen molar-refractivity contribution in [3.63, 3.8) is 0 Å². The van der Waals surface area contributed by atoms with E-state index in [1.807, 2.05) is 0 Å². The molecule has 1 unspecified atom stereocenters. The lowest BCUT2D eigenvalue weighted by Gasteiger charge is -2.08. The minimum absolute atomic E-state index is 0.208. The summed E-state index contributed by atoms with van der Waals surface area (Å²) in [5.74, 6) is -2.04. The summed E-state index contributed by atoms with van der Waals surface area (Å²) < 4.78 is 4.53. The van der Waals surface area contributed by atoms with Crippen molar-refractivity contribution in [2.24, 2.45) is 0 Å². The zero-order valence-electron chi connectivity index (χ0n) is 8.73. The van der Waals surface area contributed by atoms with Crippen LogP contribution in [-0.4, -0.2) is 54.0 Å². The number of nitrogens with one attached hydrogen (secondary N) is 2. The molecule has 0 aromatic carbocycles. The number of carbonyl (C=O) groups excluding carboxylic acids is 2. The van der Waals surface area contributed by atoms with Crippen LogP contribution in [0, 0.1) is 0 Å². The molecule has 0 aromatic heterocycles. The normalized spacial score (nSPS) is 11.4. The lowest BCUT2D eigenvalue weighted by molar-refractivity contribution is -0.146. The molecule has 92 valence electrons. The molecule has 2 amide bonds. The zero-order valence-corrected chi connectivity index (χ0v) is 8.73. The minimum Gasteiger partial charge on any atom is -0.479 e. The van der Waals surface area contributed by atoms with Crippen LogP contribution >= 0.6 is 0 Å². The van der Waals surface area contributed by atoms with Gasteiger partial charge in [-0.1, -0.05) is 0 Å². The van der Waals surface area contributed by atoms with E-state index in [1.165, 1.54) is 0 Å². The Balaban J connectivity index is 3.67. The predicted octanol–water partition coefficient (Wildman–Crippen LogP) is -1.71. The molecule has 0 aliphatic heterocycles. The highest BCUT2D eigenvalue weighted by Crippen LogP contribution is 1.80. The summed E-state index contributed by atoms with van der Waals surface area (Å²) in [4.78, 5) is 31.9. The standard InChI is InChI=1S/C8H14N2O6/c1-2-16-6(12)4-10-8(15)9-3-5(11)7(13)14/h5,11H,2-4H2,1H3,(H,13,14)(H2,9,10,15). The average Bonchev–Trinajstić information content (AvgIpc) is 2.23. The molecule has 0 radical (unpaired) electrons. The number of urea groups is 1. The summed E-state index contributed by atoms with van der Waals surface area (Å²) in [6.07, 6.45) is -1.67. The maximum atomic E-state index is 10.9. The third-order valence-corrected chi connectivity index (χ3v) is 1.44. The van der Waals surface area contributed by atoms with Crippen molar-refractivity contribution in [3.05, 3.63) is 0 Å². The number of ether oxygens (including phenoxy) is 1. The van der Waals surface area contributed by atoms with E-state index >= 15 is 0 Å². The SMILES string of the molecule is CCOC(=O)CNC(=O)NCC(O)C(=O)O. The number of carboxylic acids is 1. The van der Waals surface area contributed by atoms with Crippen molar-refractivity contribution in [2.75, 3.05) is 19.7 Å². The quantitative estimate of drug-likeness (QED) is 0.406. The Morgan fingerprint density at radius 3 is 2.44 bits per heavy atom. The van der Waals surface area contributed by atoms with Gasteiger partial charge in [-0.2, -0.15) is 0 Å². The summed E-state index contributed by atoms with van der Waals surface area (Å²) in [5, 5.41) is 21.3. The van der Waals surface area contributed by atoms with E-state index in [2.05, 4.69) is 15.4 Å². The number of rotatable bonds is 6. The molecule has 8 heteroatoms. The number of carbonyl (C=O) groups is 3. The summed E-state index contributed by atoms with van der Waals surface area (Å²) >= 11 is 0. The third-order valence-electron chi connectivity index (χ3n) is 1.44. The van der Waals surface area contributed by atoms with Crippen LogP contribution in [0.15, 0.2) is 0 Å². The first kappa shape index (κ1) is 14.2. The molecule has 0 fully saturated rings. The van der Waals surface area contributed by atoms with Crippen LogP contribution in [0.1, 0.15) is 6.92 Å². The summed E-state index contributed by atoms with van der Waals surface area (Å²) in [7, 11) is 0. The van der Waals surface area contributed by atoms with E-state index in [0.717, 1.165) is 0 Å². The van der Waals surface area contributed by atoms with Crippen LogP contribution in [-0.2, 0) is 14.3 Å². The molecule has 0 bridgehead atoms. The van der Waals surface area contributed by atoms with Gasteiger partial charge in [-0.3, -0.25) is 4.79 Å². The van der Waals surface area contributed by atoms with Crippen LogP contribution in [0.4, 0.5) is 4.79 Å². The second-order valence-electron chi connectivity index (χ2n) is 2.72. The molecule has 0 rings (SSSR count). The van der Waals surface area contributed by atoms with Gasteiger partial charge in [-0.15, -0.1) is 0 Å². The van der Waals surface area contributed by atoms with E-state index in [0.29, 0.717) is 0 Å². The molecule has 0 heterocycles. The van der Waals surface area contributed by atoms with Gasteiger partial charge in [0.25, 0.3) is 0 Å². The van der Waals surface area contributed by atoms with Crippen molar-refractivity contribution in [1.29, 1.82) is 0 Å². The number of esters is 1. The van der Waals surface area contributed by atoms with Gasteiger partial charge in [-0.25, -0.2) is 9.59 Å². The molecule has 8 nitrogen and oxygen atoms in total. The Morgan fingerprint density at radius 2 is 1.94 bits per heavy atom. The molecule has 0 aromatic rings. The van der Waals surface area contributed by atoms with Gasteiger partial charge in [0, 0.05) is 0 Å². The first-order valence-corrected chi connectivity index (χ1v) is 4.55. The molecule has 0 saturated heterocycles. The highest BCUT2D eigenvalue weighted by Gasteiger charge is 2.14. The van der Waals surface area contributed by atoms with E-state index in [1.54, 1.807) is 6.92 Å². The lowest BCUT2D eigenvalue weighted by Crippen LogP contribution is -2.43. The number of aliphatic hydroxyl groups is 1. The largest absolute Gasteiger partial charge is 0.479 e. The Morgan fingerprint density at radius 1 is 1.31 bits per heavy atom. The van der Waals surface area contributed by atoms with Crippen LogP contribution in [0.2, 0.25) is 0 Å². The van der Waals surface area contributed by atoms with Gasteiger partial charge in [0.05, 0.1) is 13.2 Å². The average molecular weight is 234 g/mol. The van der Waals surface area contributed by atoms with Gasteiger partial charge in [0.2, 0.25) is 0 Å². The van der Waals surface area contributed by atoms with Gasteiger partial charge in [0.1, 0.15) is 6.54 Å². The topological polar surface area (TPSA) is 125 Å². The molecule has 0 spiro atoms. The summed E-state index contributed by atoms with van der Waals surface area (Å²) in [6, 6.07) is -0.756. The van der Waals surface area contributed by atoms with Gasteiger partial charge < -0.3 is 25.6 Å². The van der Waals surface area contributed by atoms with E-state index in [9.17, 15) is 14.4 Å². The van der Waals surface area contributed by atoms with Gasteiger partial charge in [-0.05, 0) is 6.92 Å². The molecule has 0 saturated carbocycles. The van der Waals surface area contributed by atoms with Crippen LogP contribution in [0.3, 0.4) is 0 Å². The van der Waals surface area contributed by atoms with Gasteiger partial charge >= 0.3 is 18.0 Å². The number of carboxylic acid groups (broad SMARTS) is 1. The molecule has 1 atom stereocenters. The summed E-state index contributed by atoms with van der Waals surface area (Å²) in [5.41, 5.74) is 0. The Labute approximate surface area is 91.6 Å². The van der Waals surface area contributed by atoms with Crippen molar-refractivity contribution >= 4 is 18.0 Å². The first-order valence-electron chi connectivity index (χ1n) is 4.55. The van der Waals surface area contributed by atoms with Gasteiger partial charge in [0.15, 0.2) is 6.10 Å². The fourth-order valence-corrected chi connectivity index (χ4v) is 0.704. The van der Waals surface area contributed by atoms with E-state index < -0.39 is 30.6 Å². The molecule has 0 aliphatic carbocycles. The monoisotopic (exact) mass is 234 g/mol. The number of hydrogen-bond donors (Lipinski definition) is 4. The molecular weight excluding hydrogens is 220 g/mol. The lowest BCUT2D eigenvalue weighted by atomic mass is 10.4. The fraction of sp³-hybridized carbons (Fsp3) is 0.625. The Hall–Kier alpha value is -1.83. The smallest absolute Gasteiger partial charge is 0.334 e. The van der Waals surface area contributed by atoms with Crippen molar-refractivity contribution in [3.8, 4) is 0 Å². The maximum absolute atomic E-state index is 10.9. The second kappa shape index (κ2) is 7.46. The maximum Gasteiger partial charge on any atom is 0.334 e. The zero-order chi connectivity index (χ0) is 12.6. The van der Waals surface area contributed by atoms with Crippen molar-refractivity contribution in [2.45, 2.75) is 13.0 Å². The number of hydrogen-bond acceptors (Lipinski definition) is 5. The molecule has 16 heavy (non-hydrogen) atoms. The number of aliphatic hydroxyl groups excluding tert-OH is 1. The second-order valence-corrected chi connectivity index (χ2v) is 2.72. The first-order chi connectivity index (χ1) is 7.47. The van der Waals surface area contributed by atoms with E-state index in [-0.39, 0.29) is 13.2 Å². The predicted molar refractivity (Wildman–Crippen MR) is 51.7 cm³/mol. The molecular formula is C8H14N2O6. The van der Waals surface area contributed by atoms with Crippen molar-refractivity contribution < 1.29 is 29.3 Å². The highest BCUT2D eigenvalue weighted by atomic mass is 16.5. The Bertz CT molecular complexity index is 267. The fourth-order valence-electron chi connectivity index (χ4n) is 0.704. The van der Waals surface area contributed by atoms with Crippen LogP contribution < -0.4 is 10.6 Å². The third kappa shape index (κ3) is 6.60. The van der Waals surface area contributed by atoms with E-state index in [4.69, 9.17) is 10.2 Å². The molecule has 4 N–H and O–H groups in total. The van der Waals surface area contributed by atoms with Crippen LogP contribution in [0.5, 0.6) is 0 Å². The number of aliphatic carboxylic acids is 1. The highest BCUT2D eigenvalue weighted by molar-refractivity contribution is 5.81. The van der Waals surface area contributed by atoms with Crippen molar-refractivity contribution in [1.82, 2.24) is 10.6 Å². The summed E-state index contributed by atoms with van der Waals surface area (Å²) in [6.45, 7) is 1.08. The molecule has 0 aliphatic rings. The number of amides is 2. The van der Waals surface area contributed by atoms with Crippen LogP contribution in [0.25, 0.3) is 0 Å².